The van der Waals surface area contributed by atoms with Gasteiger partial charge in [0.15, 0.2) is 0 Å². The molecule has 7 rings (SSSR count). The van der Waals surface area contributed by atoms with Gasteiger partial charge in [0, 0.05) is 19.0 Å². The Hall–Kier alpha value is -4.28. The number of esters is 1. The lowest BCUT2D eigenvalue weighted by molar-refractivity contribution is -0.162. The van der Waals surface area contributed by atoms with E-state index in [1.54, 1.807) is 13.0 Å². The molecule has 4 aliphatic heterocycles. The van der Waals surface area contributed by atoms with Crippen LogP contribution in [-0.2, 0) is 35.1 Å². The molecule has 3 amide bonds. The summed E-state index contributed by atoms with van der Waals surface area (Å²) in [6.45, 7) is 1.81. The van der Waals surface area contributed by atoms with Gasteiger partial charge in [0.2, 0.25) is 17.7 Å². The number of aliphatic hydroxyl groups is 1. The SMILES string of the molecule is C[C@@H]1NC(=O)CC/C=C\[C@@H]2O[C@@]34C=CCN(C5CCCCC5)C(=O)[C@@H]3N([C@@H](CO)Cc3ccccc3)C(=O)[C@H]4[C@@H]2C(=O)O[C@H]1c1ccccc1. The largest absolute Gasteiger partial charge is 0.455 e. The summed E-state index contributed by atoms with van der Waals surface area (Å²) in [7, 11) is 0. The van der Waals surface area contributed by atoms with Crippen molar-refractivity contribution >= 4 is 23.7 Å². The Bertz CT molecular complexity index is 1620. The standard InChI is InChI=1S/C40H47N3O7/c1-26-35(28-16-7-3-8-17-28)49-39(48)33-31(20-11-12-21-32(45)41-26)50-40-22-13-23-42(29-18-9-4-10-19-29)38(47)36(40)43(37(46)34(33)40)30(25-44)24-27-14-5-2-6-15-27/h2-3,5-8,11,13-17,20,22,26,29-31,33-36,44H,4,9-10,12,18-19,21,23-25H2,1H3,(H,41,45)/b20-11-/t26-,30+,31-,33+,34+,35+,36-,40+/m0/s1. The fraction of sp³-hybridized carbons (Fsp3) is 0.500. The number of rotatable bonds is 6. The molecule has 50 heavy (non-hydrogen) atoms. The second kappa shape index (κ2) is 14.5. The highest BCUT2D eigenvalue weighted by Gasteiger charge is 2.72. The van der Waals surface area contributed by atoms with Crippen molar-refractivity contribution in [3.8, 4) is 0 Å². The smallest absolute Gasteiger partial charge is 0.313 e. The van der Waals surface area contributed by atoms with E-state index in [1.165, 1.54) is 4.90 Å². The molecule has 0 bridgehead atoms. The van der Waals surface area contributed by atoms with Gasteiger partial charge in [-0.15, -0.1) is 0 Å². The first-order valence-electron chi connectivity index (χ1n) is 18.2. The quantitative estimate of drug-likeness (QED) is 0.348. The van der Waals surface area contributed by atoms with E-state index in [9.17, 15) is 19.5 Å². The molecule has 1 spiro atoms. The fourth-order valence-electron chi connectivity index (χ4n) is 8.91. The molecule has 0 unspecified atom stereocenters. The highest BCUT2D eigenvalue weighted by molar-refractivity contribution is 5.99. The summed E-state index contributed by atoms with van der Waals surface area (Å²) >= 11 is 0. The Morgan fingerprint density at radius 1 is 0.940 bits per heavy atom. The number of fused-ring (bicyclic) bond motifs is 2. The van der Waals surface area contributed by atoms with Crippen molar-refractivity contribution in [2.45, 2.75) is 100 Å². The van der Waals surface area contributed by atoms with Crippen molar-refractivity contribution < 1.29 is 33.8 Å². The molecule has 2 saturated heterocycles. The summed E-state index contributed by atoms with van der Waals surface area (Å²) in [5.41, 5.74) is 0.155. The van der Waals surface area contributed by atoms with E-state index in [2.05, 4.69) is 5.32 Å². The third kappa shape index (κ3) is 6.28. The lowest BCUT2D eigenvalue weighted by Crippen LogP contribution is -2.60. The predicted molar refractivity (Wildman–Crippen MR) is 185 cm³/mol. The first-order valence-corrected chi connectivity index (χ1v) is 18.2. The van der Waals surface area contributed by atoms with Gasteiger partial charge >= 0.3 is 5.97 Å². The molecule has 0 radical (unpaired) electrons. The Kier molecular flexibility index (Phi) is 9.93. The number of nitrogens with zero attached hydrogens (tertiary/aromatic N) is 2. The molecule has 2 aromatic rings. The summed E-state index contributed by atoms with van der Waals surface area (Å²) < 4.78 is 13.2. The van der Waals surface area contributed by atoms with Gasteiger partial charge < -0.3 is 29.7 Å². The Balaban J connectivity index is 1.32. The highest BCUT2D eigenvalue weighted by atomic mass is 16.6. The van der Waals surface area contributed by atoms with Gasteiger partial charge in [0.05, 0.1) is 30.7 Å². The number of hydrogen-bond acceptors (Lipinski definition) is 7. The van der Waals surface area contributed by atoms with Crippen molar-refractivity contribution in [3.05, 3.63) is 96.1 Å². The number of nitrogens with one attached hydrogen (secondary N) is 1. The lowest BCUT2D eigenvalue weighted by atomic mass is 9.77. The van der Waals surface area contributed by atoms with Crippen LogP contribution in [0.2, 0.25) is 0 Å². The maximum atomic E-state index is 15.1. The normalized spacial score (nSPS) is 33.2. The number of likely N-dealkylation sites (tertiary alicyclic amines) is 1. The van der Waals surface area contributed by atoms with Crippen LogP contribution in [0.4, 0.5) is 0 Å². The summed E-state index contributed by atoms with van der Waals surface area (Å²) in [5.74, 6) is -3.58. The summed E-state index contributed by atoms with van der Waals surface area (Å²) in [6.07, 6.45) is 11.5. The van der Waals surface area contributed by atoms with Crippen molar-refractivity contribution in [3.63, 3.8) is 0 Å². The number of aliphatic hydroxyl groups excluding tert-OH is 1. The molecule has 8 atom stereocenters. The molecule has 4 heterocycles. The maximum absolute atomic E-state index is 15.1. The van der Waals surface area contributed by atoms with Gasteiger partial charge in [-0.25, -0.2) is 0 Å². The lowest BCUT2D eigenvalue weighted by Gasteiger charge is -2.41. The molecule has 3 fully saturated rings. The van der Waals surface area contributed by atoms with E-state index in [4.69, 9.17) is 9.47 Å². The van der Waals surface area contributed by atoms with E-state index >= 15 is 4.79 Å². The van der Waals surface area contributed by atoms with Crippen LogP contribution in [-0.4, -0.2) is 87.6 Å². The molecule has 5 aliphatic rings. The first kappa shape index (κ1) is 34.2. The van der Waals surface area contributed by atoms with E-state index in [0.717, 1.165) is 37.7 Å². The zero-order valence-electron chi connectivity index (χ0n) is 28.6. The van der Waals surface area contributed by atoms with Gasteiger partial charge in [0.25, 0.3) is 0 Å². The molecule has 1 aliphatic carbocycles. The minimum absolute atomic E-state index is 0.0337. The zero-order chi connectivity index (χ0) is 34.8. The van der Waals surface area contributed by atoms with Crippen LogP contribution in [0.25, 0.3) is 0 Å². The molecular weight excluding hydrogens is 634 g/mol. The van der Waals surface area contributed by atoms with E-state index in [0.29, 0.717) is 24.9 Å². The third-order valence-electron chi connectivity index (χ3n) is 11.2. The molecule has 10 heteroatoms. The second-order valence-electron chi connectivity index (χ2n) is 14.4. The number of benzene rings is 2. The maximum Gasteiger partial charge on any atom is 0.313 e. The van der Waals surface area contributed by atoms with Crippen molar-refractivity contribution in [1.29, 1.82) is 0 Å². The van der Waals surface area contributed by atoms with Crippen LogP contribution in [0.5, 0.6) is 0 Å². The molecular formula is C40H47N3O7. The molecule has 2 aromatic carbocycles. The Labute approximate surface area is 293 Å². The summed E-state index contributed by atoms with van der Waals surface area (Å²) in [4.78, 5) is 60.9. The van der Waals surface area contributed by atoms with Crippen molar-refractivity contribution in [2.75, 3.05) is 13.2 Å². The number of allylic oxidation sites excluding steroid dienone is 1. The monoisotopic (exact) mass is 681 g/mol. The van der Waals surface area contributed by atoms with Gasteiger partial charge in [-0.05, 0) is 43.7 Å². The number of ether oxygens (including phenoxy) is 2. The van der Waals surface area contributed by atoms with Gasteiger partial charge in [-0.3, -0.25) is 19.2 Å². The van der Waals surface area contributed by atoms with Crippen LogP contribution in [0, 0.1) is 11.8 Å². The van der Waals surface area contributed by atoms with Crippen molar-refractivity contribution in [2.24, 2.45) is 11.8 Å². The molecule has 1 saturated carbocycles. The number of hydrogen-bond donors (Lipinski definition) is 2. The average molecular weight is 682 g/mol. The summed E-state index contributed by atoms with van der Waals surface area (Å²) in [6, 6.07) is 16.5. The average Bonchev–Trinajstić information content (AvgIpc) is 3.52. The molecule has 264 valence electrons. The predicted octanol–water partition coefficient (Wildman–Crippen LogP) is 4.04. The number of carbonyl (C=O) groups excluding carboxylic acids is 4. The van der Waals surface area contributed by atoms with Gasteiger partial charge in [0.1, 0.15) is 23.7 Å². The van der Waals surface area contributed by atoms with Crippen LogP contribution < -0.4 is 5.32 Å². The number of amides is 3. The van der Waals surface area contributed by atoms with E-state index < -0.39 is 59.6 Å². The van der Waals surface area contributed by atoms with Crippen LogP contribution >= 0.6 is 0 Å². The minimum atomic E-state index is -1.47. The molecule has 10 nitrogen and oxygen atoms in total. The topological polar surface area (TPSA) is 125 Å². The highest BCUT2D eigenvalue weighted by Crippen LogP contribution is 2.54. The molecule has 2 N–H and O–H groups in total. The third-order valence-corrected chi connectivity index (χ3v) is 11.2. The fourth-order valence-corrected chi connectivity index (χ4v) is 8.91. The van der Waals surface area contributed by atoms with E-state index in [1.807, 2.05) is 83.8 Å². The van der Waals surface area contributed by atoms with Gasteiger partial charge in [-0.2, -0.15) is 0 Å². The summed E-state index contributed by atoms with van der Waals surface area (Å²) in [5, 5.41) is 13.9. The van der Waals surface area contributed by atoms with Crippen LogP contribution in [0.15, 0.2) is 85.0 Å². The van der Waals surface area contributed by atoms with Crippen LogP contribution in [0.3, 0.4) is 0 Å². The van der Waals surface area contributed by atoms with Gasteiger partial charge in [-0.1, -0.05) is 104 Å². The molecule has 0 aromatic heterocycles. The zero-order valence-corrected chi connectivity index (χ0v) is 28.6. The first-order chi connectivity index (χ1) is 24.3. The van der Waals surface area contributed by atoms with Crippen molar-refractivity contribution in [1.82, 2.24) is 15.1 Å². The minimum Gasteiger partial charge on any atom is -0.455 e. The number of cyclic esters (lactones) is 1. The van der Waals surface area contributed by atoms with E-state index in [-0.39, 0.29) is 30.9 Å². The Morgan fingerprint density at radius 3 is 2.38 bits per heavy atom. The Morgan fingerprint density at radius 2 is 1.66 bits per heavy atom. The van der Waals surface area contributed by atoms with Crippen LogP contribution in [0.1, 0.15) is 69.1 Å². The number of carbonyl (C=O) groups is 4. The second-order valence-corrected chi connectivity index (χ2v) is 14.4.